The average Bonchev–Trinajstić information content (AvgIpc) is 2.50. The van der Waals surface area contributed by atoms with Gasteiger partial charge >= 0.3 is 0 Å². The van der Waals surface area contributed by atoms with Crippen LogP contribution in [-0.4, -0.2) is 35.9 Å². The zero-order chi connectivity index (χ0) is 11.7. The van der Waals surface area contributed by atoms with Crippen molar-refractivity contribution < 1.29 is 13.5 Å². The Labute approximate surface area is 88.8 Å². The molecule has 0 aliphatic heterocycles. The first-order chi connectivity index (χ1) is 6.78. The molecule has 7 heteroatoms. The Hall–Kier alpha value is -0.920. The van der Waals surface area contributed by atoms with Gasteiger partial charge in [-0.05, 0) is 20.8 Å². The van der Waals surface area contributed by atoms with Gasteiger partial charge in [-0.1, -0.05) is 0 Å². The van der Waals surface area contributed by atoms with E-state index in [0.717, 1.165) is 0 Å². The number of aromatic nitrogens is 2. The van der Waals surface area contributed by atoms with Gasteiger partial charge in [0.15, 0.2) is 0 Å². The van der Waals surface area contributed by atoms with Gasteiger partial charge in [0.25, 0.3) is 0 Å². The fourth-order valence-corrected chi connectivity index (χ4v) is 2.60. The van der Waals surface area contributed by atoms with E-state index in [2.05, 4.69) is 14.9 Å². The highest BCUT2D eigenvalue weighted by molar-refractivity contribution is 7.89. The molecule has 1 rings (SSSR count). The predicted molar refractivity (Wildman–Crippen MR) is 54.8 cm³/mol. The summed E-state index contributed by atoms with van der Waals surface area (Å²) in [5, 5.41) is 15.2. The van der Waals surface area contributed by atoms with Crippen molar-refractivity contribution in [3.8, 4) is 0 Å². The first-order valence-electron chi connectivity index (χ1n) is 4.43. The Morgan fingerprint density at radius 2 is 2.20 bits per heavy atom. The fraction of sp³-hybridized carbons (Fsp3) is 0.625. The standard InChI is InChI=1S/C8H15N3O3S/c1-6-7(4-9-10-6)15(13,14)11-8(2,3)5-12/h4,11-12H,5H2,1-3H3,(H,9,10). The minimum absolute atomic E-state index is 0.101. The largest absolute Gasteiger partial charge is 0.394 e. The Morgan fingerprint density at radius 1 is 1.60 bits per heavy atom. The number of hydrogen-bond acceptors (Lipinski definition) is 4. The van der Waals surface area contributed by atoms with E-state index >= 15 is 0 Å². The summed E-state index contributed by atoms with van der Waals surface area (Å²) in [5.41, 5.74) is -0.418. The molecule has 1 heterocycles. The van der Waals surface area contributed by atoms with Gasteiger partial charge in [0, 0.05) is 0 Å². The molecular weight excluding hydrogens is 218 g/mol. The summed E-state index contributed by atoms with van der Waals surface area (Å²) >= 11 is 0. The number of aliphatic hydroxyl groups excluding tert-OH is 1. The van der Waals surface area contributed by atoms with Crippen LogP contribution in [0.4, 0.5) is 0 Å². The van der Waals surface area contributed by atoms with Crippen LogP contribution in [0.3, 0.4) is 0 Å². The van der Waals surface area contributed by atoms with Crippen LogP contribution in [0.25, 0.3) is 0 Å². The first kappa shape index (κ1) is 12.2. The normalized spacial score (nSPS) is 13.1. The second kappa shape index (κ2) is 3.92. The summed E-state index contributed by atoms with van der Waals surface area (Å²) < 4.78 is 26.0. The molecule has 1 aromatic heterocycles. The Balaban J connectivity index is 3.01. The summed E-state index contributed by atoms with van der Waals surface area (Å²) in [4.78, 5) is 0.101. The van der Waals surface area contributed by atoms with Crippen molar-refractivity contribution in [3.05, 3.63) is 11.9 Å². The van der Waals surface area contributed by atoms with E-state index in [-0.39, 0.29) is 11.5 Å². The van der Waals surface area contributed by atoms with Crippen LogP contribution in [0, 0.1) is 6.92 Å². The number of sulfonamides is 1. The van der Waals surface area contributed by atoms with E-state index in [0.29, 0.717) is 5.69 Å². The number of aliphatic hydroxyl groups is 1. The zero-order valence-electron chi connectivity index (χ0n) is 8.90. The molecule has 86 valence electrons. The van der Waals surface area contributed by atoms with Crippen molar-refractivity contribution in [3.63, 3.8) is 0 Å². The van der Waals surface area contributed by atoms with E-state index in [4.69, 9.17) is 5.11 Å². The molecule has 0 saturated carbocycles. The van der Waals surface area contributed by atoms with Gasteiger partial charge in [0.05, 0.1) is 24.0 Å². The van der Waals surface area contributed by atoms with Gasteiger partial charge in [-0.3, -0.25) is 5.10 Å². The lowest BCUT2D eigenvalue weighted by molar-refractivity contribution is 0.208. The van der Waals surface area contributed by atoms with Crippen molar-refractivity contribution in [1.29, 1.82) is 0 Å². The summed E-state index contributed by atoms with van der Waals surface area (Å²) in [6, 6.07) is 0. The van der Waals surface area contributed by atoms with E-state index in [9.17, 15) is 8.42 Å². The summed E-state index contributed by atoms with van der Waals surface area (Å²) in [5.74, 6) is 0. The molecule has 0 bridgehead atoms. The highest BCUT2D eigenvalue weighted by Crippen LogP contribution is 2.14. The van der Waals surface area contributed by atoms with E-state index in [1.807, 2.05) is 0 Å². The number of H-pyrrole nitrogens is 1. The number of aryl methyl sites for hydroxylation is 1. The van der Waals surface area contributed by atoms with Crippen LogP contribution in [0.2, 0.25) is 0 Å². The fourth-order valence-electron chi connectivity index (χ4n) is 1.06. The lowest BCUT2D eigenvalue weighted by atomic mass is 10.1. The molecule has 0 amide bonds. The Kier molecular flexibility index (Phi) is 3.17. The molecule has 0 aromatic carbocycles. The third kappa shape index (κ3) is 2.77. The van der Waals surface area contributed by atoms with Gasteiger partial charge < -0.3 is 5.11 Å². The third-order valence-corrected chi connectivity index (χ3v) is 3.69. The van der Waals surface area contributed by atoms with Crippen LogP contribution < -0.4 is 4.72 Å². The lowest BCUT2D eigenvalue weighted by Gasteiger charge is -2.22. The maximum absolute atomic E-state index is 11.8. The molecule has 0 fully saturated rings. The number of hydrogen-bond donors (Lipinski definition) is 3. The van der Waals surface area contributed by atoms with Crippen LogP contribution in [0.15, 0.2) is 11.1 Å². The van der Waals surface area contributed by atoms with Crippen molar-refractivity contribution in [1.82, 2.24) is 14.9 Å². The number of rotatable bonds is 4. The van der Waals surface area contributed by atoms with Crippen LogP contribution in [0.1, 0.15) is 19.5 Å². The lowest BCUT2D eigenvalue weighted by Crippen LogP contribution is -2.46. The minimum atomic E-state index is -3.62. The molecule has 0 unspecified atom stereocenters. The Morgan fingerprint density at radius 3 is 2.60 bits per heavy atom. The quantitative estimate of drug-likeness (QED) is 0.669. The maximum Gasteiger partial charge on any atom is 0.244 e. The molecule has 0 radical (unpaired) electrons. The van der Waals surface area contributed by atoms with Crippen molar-refractivity contribution in [2.45, 2.75) is 31.2 Å². The van der Waals surface area contributed by atoms with Gasteiger partial charge in [-0.15, -0.1) is 0 Å². The van der Waals surface area contributed by atoms with Gasteiger partial charge in [-0.2, -0.15) is 5.10 Å². The van der Waals surface area contributed by atoms with Gasteiger partial charge in [0.2, 0.25) is 10.0 Å². The Bertz CT molecular complexity index is 436. The van der Waals surface area contributed by atoms with Crippen LogP contribution >= 0.6 is 0 Å². The van der Waals surface area contributed by atoms with Gasteiger partial charge in [-0.25, -0.2) is 13.1 Å². The smallest absolute Gasteiger partial charge is 0.244 e. The number of nitrogens with one attached hydrogen (secondary N) is 2. The number of nitrogens with zero attached hydrogens (tertiary/aromatic N) is 1. The molecule has 0 aliphatic rings. The average molecular weight is 233 g/mol. The molecule has 15 heavy (non-hydrogen) atoms. The predicted octanol–water partition coefficient (Wildman–Crippen LogP) is -0.233. The van der Waals surface area contributed by atoms with Crippen molar-refractivity contribution in [2.75, 3.05) is 6.61 Å². The molecule has 0 spiro atoms. The maximum atomic E-state index is 11.8. The summed E-state index contributed by atoms with van der Waals surface area (Å²) in [7, 11) is -3.62. The molecule has 6 nitrogen and oxygen atoms in total. The van der Waals surface area contributed by atoms with E-state index in [1.165, 1.54) is 6.20 Å². The molecule has 0 saturated heterocycles. The summed E-state index contributed by atoms with van der Waals surface area (Å²) in [6.07, 6.45) is 1.24. The molecule has 0 atom stereocenters. The van der Waals surface area contributed by atoms with Crippen molar-refractivity contribution in [2.24, 2.45) is 0 Å². The van der Waals surface area contributed by atoms with Crippen LogP contribution in [0.5, 0.6) is 0 Å². The van der Waals surface area contributed by atoms with Gasteiger partial charge in [0.1, 0.15) is 4.90 Å². The molecule has 3 N–H and O–H groups in total. The molecule has 0 aliphatic carbocycles. The molecular formula is C8H15N3O3S. The highest BCUT2D eigenvalue weighted by Gasteiger charge is 2.27. The van der Waals surface area contributed by atoms with E-state index in [1.54, 1.807) is 20.8 Å². The highest BCUT2D eigenvalue weighted by atomic mass is 32.2. The first-order valence-corrected chi connectivity index (χ1v) is 5.92. The topological polar surface area (TPSA) is 95.1 Å². The zero-order valence-corrected chi connectivity index (χ0v) is 9.72. The third-order valence-electron chi connectivity index (χ3n) is 1.88. The SMILES string of the molecule is Cc1[nH]ncc1S(=O)(=O)NC(C)(C)CO. The minimum Gasteiger partial charge on any atom is -0.394 e. The monoisotopic (exact) mass is 233 g/mol. The molecule has 1 aromatic rings. The van der Waals surface area contributed by atoms with Crippen molar-refractivity contribution >= 4 is 10.0 Å². The number of aromatic amines is 1. The second-order valence-corrected chi connectivity index (χ2v) is 5.66. The second-order valence-electron chi connectivity index (χ2n) is 4.01. The summed E-state index contributed by atoms with van der Waals surface area (Å²) in [6.45, 7) is 4.54. The van der Waals surface area contributed by atoms with Crippen LogP contribution in [-0.2, 0) is 10.0 Å². The van der Waals surface area contributed by atoms with E-state index < -0.39 is 15.6 Å².